The molecule has 2 aliphatic heterocycles. The second-order valence-electron chi connectivity index (χ2n) is 15.8. The Labute approximate surface area is 321 Å². The van der Waals surface area contributed by atoms with Crippen LogP contribution in [0.15, 0.2) is 84.7 Å². The number of hydrogen-bond donors (Lipinski definition) is 5. The molecule has 0 amide bonds. The Bertz CT molecular complexity index is 2340. The molecule has 0 saturated carbocycles. The number of benzene rings is 3. The lowest BCUT2D eigenvalue weighted by Gasteiger charge is -2.34. The summed E-state index contributed by atoms with van der Waals surface area (Å²) in [5.41, 5.74) is 11.2. The van der Waals surface area contributed by atoms with E-state index in [1.165, 1.54) is 0 Å². The zero-order valence-electron chi connectivity index (χ0n) is 31.0. The van der Waals surface area contributed by atoms with Crippen molar-refractivity contribution in [2.45, 2.75) is 70.1 Å². The highest BCUT2D eigenvalue weighted by molar-refractivity contribution is 6.02. The molecule has 280 valence electrons. The fourth-order valence-corrected chi connectivity index (χ4v) is 9.48. The molecule has 4 heterocycles. The minimum Gasteiger partial charge on any atom is -0.507 e. The van der Waals surface area contributed by atoms with Gasteiger partial charge in [0.05, 0.1) is 13.0 Å². The van der Waals surface area contributed by atoms with E-state index >= 15 is 0 Å². The summed E-state index contributed by atoms with van der Waals surface area (Å²) in [6, 6.07) is 20.4. The molecule has 4 aliphatic rings. The van der Waals surface area contributed by atoms with E-state index in [0.717, 1.165) is 99.3 Å². The predicted molar refractivity (Wildman–Crippen MR) is 215 cm³/mol. The number of allylic oxidation sites excluding steroid dienone is 1. The third kappa shape index (κ3) is 7.02. The lowest BCUT2D eigenvalue weighted by molar-refractivity contribution is -0.129. The number of Topliss-reactive ketones (excluding diaryl/α,β-unsaturated/α-hetero) is 2. The summed E-state index contributed by atoms with van der Waals surface area (Å²) in [4.78, 5) is 35.4. The third-order valence-corrected chi connectivity index (χ3v) is 12.2. The van der Waals surface area contributed by atoms with Gasteiger partial charge in [-0.25, -0.2) is 0 Å². The topological polar surface area (TPSA) is 127 Å². The second-order valence-corrected chi connectivity index (χ2v) is 15.8. The summed E-state index contributed by atoms with van der Waals surface area (Å²) >= 11 is 0. The van der Waals surface area contributed by atoms with Gasteiger partial charge < -0.3 is 30.2 Å². The van der Waals surface area contributed by atoms with Gasteiger partial charge in [0.1, 0.15) is 23.1 Å². The Hall–Kier alpha value is -5.76. The molecule has 8 nitrogen and oxygen atoms in total. The van der Waals surface area contributed by atoms with Crippen LogP contribution in [0.1, 0.15) is 93.8 Å². The van der Waals surface area contributed by atoms with E-state index in [-0.39, 0.29) is 47.7 Å². The van der Waals surface area contributed by atoms with Crippen molar-refractivity contribution in [2.24, 2.45) is 11.8 Å². The number of fused-ring (bicyclic) bond motifs is 10. The number of anilines is 1. The number of hydrogen-bond acceptors (Lipinski definition) is 6. The first-order valence-electron chi connectivity index (χ1n) is 19.8. The van der Waals surface area contributed by atoms with Gasteiger partial charge >= 0.3 is 0 Å². The molecule has 0 fully saturated rings. The molecule has 5 N–H and O–H groups in total. The summed E-state index contributed by atoms with van der Waals surface area (Å²) in [6.07, 6.45) is 16.2. The first kappa shape index (κ1) is 35.0. The number of aromatic hydroxyl groups is 2. The quantitative estimate of drug-likeness (QED) is 0.116. The average Bonchev–Trinajstić information content (AvgIpc) is 3.79. The Morgan fingerprint density at radius 2 is 1.64 bits per heavy atom. The number of carbonyl (C=O) groups is 2. The Morgan fingerprint density at radius 3 is 2.53 bits per heavy atom. The number of aromatic amines is 2. The number of rotatable bonds is 2. The first-order valence-corrected chi connectivity index (χ1v) is 19.8. The second kappa shape index (κ2) is 14.8. The highest BCUT2D eigenvalue weighted by atomic mass is 16.5. The van der Waals surface area contributed by atoms with Crippen LogP contribution in [0.2, 0.25) is 0 Å². The fraction of sp³-hybridized carbons (Fsp3) is 0.319. The monoisotopic (exact) mass is 733 g/mol. The third-order valence-electron chi connectivity index (χ3n) is 12.2. The fourth-order valence-electron chi connectivity index (χ4n) is 9.48. The maximum Gasteiger partial charge on any atom is 0.164 e. The summed E-state index contributed by atoms with van der Waals surface area (Å²) in [5.74, 6) is 1.36. The average molecular weight is 734 g/mol. The molecular formula is C47H47N3O5. The van der Waals surface area contributed by atoms with Gasteiger partial charge in [0.2, 0.25) is 0 Å². The lowest BCUT2D eigenvalue weighted by Crippen LogP contribution is -2.32. The van der Waals surface area contributed by atoms with Gasteiger partial charge in [-0.15, -0.1) is 0 Å². The van der Waals surface area contributed by atoms with Gasteiger partial charge in [-0.3, -0.25) is 9.59 Å². The summed E-state index contributed by atoms with van der Waals surface area (Å²) in [6.45, 7) is 0.997. The molecule has 3 unspecified atom stereocenters. The highest BCUT2D eigenvalue weighted by Gasteiger charge is 2.39. The highest BCUT2D eigenvalue weighted by Crippen LogP contribution is 2.45. The molecule has 3 atom stereocenters. The zero-order chi connectivity index (χ0) is 37.5. The van der Waals surface area contributed by atoms with E-state index < -0.39 is 5.92 Å². The molecule has 2 aromatic heterocycles. The Balaban J connectivity index is 1.08. The van der Waals surface area contributed by atoms with Crippen LogP contribution in [0.25, 0.3) is 12.2 Å². The predicted octanol–water partition coefficient (Wildman–Crippen LogP) is 8.61. The normalized spacial score (nSPS) is 21.1. The zero-order valence-corrected chi connectivity index (χ0v) is 31.0. The van der Waals surface area contributed by atoms with Gasteiger partial charge in [-0.1, -0.05) is 54.6 Å². The van der Waals surface area contributed by atoms with Gasteiger partial charge in [0.15, 0.2) is 11.5 Å². The van der Waals surface area contributed by atoms with E-state index in [4.69, 9.17) is 4.74 Å². The van der Waals surface area contributed by atoms with Crippen LogP contribution in [0.4, 0.5) is 5.82 Å². The number of carbonyl (C=O) groups excluding carboxylic acids is 2. The van der Waals surface area contributed by atoms with E-state index in [1.807, 2.05) is 24.5 Å². The molecule has 9 rings (SSSR count). The van der Waals surface area contributed by atoms with Gasteiger partial charge in [0.25, 0.3) is 0 Å². The van der Waals surface area contributed by atoms with Crippen molar-refractivity contribution in [3.05, 3.63) is 140 Å². The molecule has 55 heavy (non-hydrogen) atoms. The minimum atomic E-state index is -0.481. The van der Waals surface area contributed by atoms with E-state index in [1.54, 1.807) is 6.07 Å². The van der Waals surface area contributed by atoms with Gasteiger partial charge in [-0.05, 0) is 108 Å². The van der Waals surface area contributed by atoms with Crippen LogP contribution in [0, 0.1) is 11.8 Å². The molecule has 4 bridgehead atoms. The maximum absolute atomic E-state index is 14.7. The van der Waals surface area contributed by atoms with Gasteiger partial charge in [-0.2, -0.15) is 0 Å². The van der Waals surface area contributed by atoms with Crippen LogP contribution < -0.4 is 10.1 Å². The van der Waals surface area contributed by atoms with Crippen LogP contribution in [0.3, 0.4) is 0 Å². The number of phenols is 2. The van der Waals surface area contributed by atoms with Crippen LogP contribution in [-0.2, 0) is 41.7 Å². The molecule has 0 radical (unpaired) electrons. The van der Waals surface area contributed by atoms with E-state index in [2.05, 4.69) is 76.0 Å². The van der Waals surface area contributed by atoms with Crippen molar-refractivity contribution in [1.82, 2.24) is 9.97 Å². The number of H-pyrrole nitrogens is 2. The number of nitrogens with one attached hydrogen (secondary N) is 3. The molecular weight excluding hydrogens is 687 g/mol. The van der Waals surface area contributed by atoms with Crippen molar-refractivity contribution in [1.29, 1.82) is 0 Å². The lowest BCUT2D eigenvalue weighted by atomic mass is 9.69. The minimum absolute atomic E-state index is 0.0501. The molecule has 3 aromatic carbocycles. The number of ether oxygens (including phenoxy) is 1. The number of aryl methyl sites for hydroxylation is 2. The van der Waals surface area contributed by atoms with Crippen molar-refractivity contribution in [3.8, 4) is 17.2 Å². The number of ketones is 2. The Morgan fingerprint density at radius 1 is 0.800 bits per heavy atom. The smallest absolute Gasteiger partial charge is 0.164 e. The SMILES string of the molecule is O=C1CCc2cc(c(O)c3c2CCCO3)Cc2cccc(c2)Cc2cc[nH]c2NCC2=Cc3[nH]ccc3C(CC3C=Cc4c(O)cccc4CC3)C2C(=O)C1. The van der Waals surface area contributed by atoms with E-state index in [0.29, 0.717) is 38.2 Å². The van der Waals surface area contributed by atoms with Crippen molar-refractivity contribution in [3.63, 3.8) is 0 Å². The van der Waals surface area contributed by atoms with Crippen LogP contribution >= 0.6 is 0 Å². The molecule has 5 aromatic rings. The number of aromatic nitrogens is 2. The van der Waals surface area contributed by atoms with Crippen molar-refractivity contribution < 1.29 is 24.5 Å². The molecule has 8 heteroatoms. The van der Waals surface area contributed by atoms with Crippen molar-refractivity contribution >= 4 is 29.5 Å². The molecule has 0 saturated heterocycles. The molecule has 2 aliphatic carbocycles. The summed E-state index contributed by atoms with van der Waals surface area (Å²) < 4.78 is 6.05. The van der Waals surface area contributed by atoms with Crippen LogP contribution in [0.5, 0.6) is 17.2 Å². The van der Waals surface area contributed by atoms with Crippen molar-refractivity contribution in [2.75, 3.05) is 18.5 Å². The summed E-state index contributed by atoms with van der Waals surface area (Å²) in [5, 5.41) is 25.7. The largest absolute Gasteiger partial charge is 0.507 e. The first-order chi connectivity index (χ1) is 26.9. The summed E-state index contributed by atoms with van der Waals surface area (Å²) in [7, 11) is 0. The van der Waals surface area contributed by atoms with E-state index in [9.17, 15) is 19.8 Å². The van der Waals surface area contributed by atoms with Crippen LogP contribution in [-0.4, -0.2) is 44.9 Å². The number of phenolic OH excluding ortho intramolecular Hbond substituents is 2. The maximum atomic E-state index is 14.7. The molecule has 0 spiro atoms. The Kier molecular flexibility index (Phi) is 9.42. The van der Waals surface area contributed by atoms with Gasteiger partial charge in [0, 0.05) is 72.4 Å². The standard InChI is InChI=1S/C47H47N3O5/c51-36-13-12-32-24-34(45(54)46-38(32)7-3-19-55-46)22-30-5-1-4-29(20-30)21-33-15-17-49-47(33)50-27-35-25-41-39(16-18-48-41)40(44(35)43(53)26-36)23-28-9-11-31-6-2-8-42(52)37(31)14-10-28/h1-2,4-6,8,10,14-18,20,24-25,28,40,44,48-50,52,54H,3,7,9,11-13,19,21-23,26-27H2.